The van der Waals surface area contributed by atoms with E-state index in [9.17, 15) is 8.78 Å². The van der Waals surface area contributed by atoms with Gasteiger partial charge in [0, 0.05) is 19.3 Å². The van der Waals surface area contributed by atoms with Gasteiger partial charge in [-0.05, 0) is 37.1 Å². The standard InChI is InChI=1S/C16H21F2N3/c1-11(2)7-19-8-14-9-20-12(3)21(14)10-13-4-5-15(17)16(18)6-13/h4-6,9,11,19H,7-8,10H2,1-3H3. The minimum Gasteiger partial charge on any atom is -0.327 e. The second-order valence-electron chi connectivity index (χ2n) is 5.66. The molecule has 5 heteroatoms. The van der Waals surface area contributed by atoms with Gasteiger partial charge in [0.05, 0.1) is 5.69 Å². The fraction of sp³-hybridized carbons (Fsp3) is 0.438. The first kappa shape index (κ1) is 15.6. The number of aromatic nitrogens is 2. The molecule has 1 aromatic carbocycles. The van der Waals surface area contributed by atoms with Crippen LogP contribution in [0.4, 0.5) is 8.78 Å². The van der Waals surface area contributed by atoms with Crippen LogP contribution in [-0.2, 0) is 13.1 Å². The number of imidazole rings is 1. The number of hydrogen-bond donors (Lipinski definition) is 1. The van der Waals surface area contributed by atoms with E-state index in [-0.39, 0.29) is 0 Å². The number of nitrogens with zero attached hydrogens (tertiary/aromatic N) is 2. The highest BCUT2D eigenvalue weighted by atomic mass is 19.2. The Bertz CT molecular complexity index is 606. The van der Waals surface area contributed by atoms with Gasteiger partial charge < -0.3 is 9.88 Å². The van der Waals surface area contributed by atoms with Crippen molar-refractivity contribution in [1.82, 2.24) is 14.9 Å². The summed E-state index contributed by atoms with van der Waals surface area (Å²) in [5.74, 6) is -0.195. The van der Waals surface area contributed by atoms with Crippen molar-refractivity contribution in [2.45, 2.75) is 33.9 Å². The first-order valence-corrected chi connectivity index (χ1v) is 7.13. The third-order valence-corrected chi connectivity index (χ3v) is 3.32. The molecule has 2 rings (SSSR count). The summed E-state index contributed by atoms with van der Waals surface area (Å²) in [6.45, 7) is 8.33. The lowest BCUT2D eigenvalue weighted by Crippen LogP contribution is -2.21. The van der Waals surface area contributed by atoms with E-state index in [1.54, 1.807) is 6.07 Å². The molecule has 0 saturated carbocycles. The summed E-state index contributed by atoms with van der Waals surface area (Å²) >= 11 is 0. The normalized spacial score (nSPS) is 11.3. The molecule has 1 heterocycles. The van der Waals surface area contributed by atoms with Crippen LogP contribution < -0.4 is 5.32 Å². The summed E-state index contributed by atoms with van der Waals surface area (Å²) in [6, 6.07) is 4.00. The Morgan fingerprint density at radius 1 is 1.24 bits per heavy atom. The Morgan fingerprint density at radius 2 is 2.00 bits per heavy atom. The van der Waals surface area contributed by atoms with E-state index in [1.165, 1.54) is 6.07 Å². The molecular formula is C16H21F2N3. The molecule has 0 amide bonds. The lowest BCUT2D eigenvalue weighted by molar-refractivity contribution is 0.505. The predicted molar refractivity (Wildman–Crippen MR) is 79.0 cm³/mol. The SMILES string of the molecule is Cc1ncc(CNCC(C)C)n1Cc1ccc(F)c(F)c1. The van der Waals surface area contributed by atoms with E-state index >= 15 is 0 Å². The Labute approximate surface area is 124 Å². The molecule has 0 bridgehead atoms. The molecular weight excluding hydrogens is 272 g/mol. The molecule has 3 nitrogen and oxygen atoms in total. The number of aryl methyl sites for hydroxylation is 1. The zero-order valence-corrected chi connectivity index (χ0v) is 12.7. The summed E-state index contributed by atoms with van der Waals surface area (Å²) in [7, 11) is 0. The van der Waals surface area contributed by atoms with Gasteiger partial charge in [0.2, 0.25) is 0 Å². The van der Waals surface area contributed by atoms with Crippen molar-refractivity contribution in [3.63, 3.8) is 0 Å². The third kappa shape index (κ3) is 4.11. The Morgan fingerprint density at radius 3 is 2.67 bits per heavy atom. The van der Waals surface area contributed by atoms with E-state index in [2.05, 4.69) is 24.1 Å². The minimum atomic E-state index is -0.820. The van der Waals surface area contributed by atoms with Crippen LogP contribution in [0.5, 0.6) is 0 Å². The van der Waals surface area contributed by atoms with Crippen molar-refractivity contribution in [2.75, 3.05) is 6.54 Å². The maximum Gasteiger partial charge on any atom is 0.159 e. The van der Waals surface area contributed by atoms with Gasteiger partial charge in [0.15, 0.2) is 11.6 Å². The molecule has 0 saturated heterocycles. The Kier molecular flexibility index (Phi) is 5.07. The van der Waals surface area contributed by atoms with Gasteiger partial charge in [0.1, 0.15) is 5.82 Å². The van der Waals surface area contributed by atoms with Crippen molar-refractivity contribution in [1.29, 1.82) is 0 Å². The minimum absolute atomic E-state index is 0.488. The van der Waals surface area contributed by atoms with Gasteiger partial charge in [-0.15, -0.1) is 0 Å². The molecule has 0 fully saturated rings. The molecule has 0 unspecified atom stereocenters. The fourth-order valence-electron chi connectivity index (χ4n) is 2.18. The van der Waals surface area contributed by atoms with E-state index < -0.39 is 11.6 Å². The second-order valence-corrected chi connectivity index (χ2v) is 5.66. The van der Waals surface area contributed by atoms with Crippen LogP contribution in [0, 0.1) is 24.5 Å². The molecule has 2 aromatic rings. The maximum atomic E-state index is 13.3. The van der Waals surface area contributed by atoms with Gasteiger partial charge in [0.25, 0.3) is 0 Å². The van der Waals surface area contributed by atoms with Crippen molar-refractivity contribution in [3.05, 3.63) is 53.1 Å². The first-order chi connectivity index (χ1) is 9.97. The lowest BCUT2D eigenvalue weighted by atomic mass is 10.2. The van der Waals surface area contributed by atoms with Crippen molar-refractivity contribution in [2.24, 2.45) is 5.92 Å². The molecule has 114 valence electrons. The lowest BCUT2D eigenvalue weighted by Gasteiger charge is -2.12. The van der Waals surface area contributed by atoms with E-state index in [0.29, 0.717) is 19.0 Å². The molecule has 1 aromatic heterocycles. The number of benzene rings is 1. The van der Waals surface area contributed by atoms with Crippen LogP contribution in [0.25, 0.3) is 0 Å². The van der Waals surface area contributed by atoms with Crippen LogP contribution in [0.1, 0.15) is 30.9 Å². The largest absolute Gasteiger partial charge is 0.327 e. The molecule has 0 aliphatic carbocycles. The highest BCUT2D eigenvalue weighted by Gasteiger charge is 2.09. The molecule has 0 atom stereocenters. The van der Waals surface area contributed by atoms with Crippen molar-refractivity contribution < 1.29 is 8.78 Å². The number of halogens is 2. The maximum absolute atomic E-state index is 13.3. The van der Waals surface area contributed by atoms with Crippen LogP contribution in [-0.4, -0.2) is 16.1 Å². The molecule has 0 aliphatic rings. The van der Waals surface area contributed by atoms with Gasteiger partial charge >= 0.3 is 0 Å². The number of rotatable bonds is 6. The highest BCUT2D eigenvalue weighted by Crippen LogP contribution is 2.13. The summed E-state index contributed by atoms with van der Waals surface area (Å²) in [4.78, 5) is 4.31. The fourth-order valence-corrected chi connectivity index (χ4v) is 2.18. The number of hydrogen-bond acceptors (Lipinski definition) is 2. The first-order valence-electron chi connectivity index (χ1n) is 7.13. The van der Waals surface area contributed by atoms with E-state index in [4.69, 9.17) is 0 Å². The Balaban J connectivity index is 2.11. The molecule has 0 aliphatic heterocycles. The van der Waals surface area contributed by atoms with Gasteiger partial charge in [-0.2, -0.15) is 0 Å². The van der Waals surface area contributed by atoms with Crippen LogP contribution in [0.15, 0.2) is 24.4 Å². The highest BCUT2D eigenvalue weighted by molar-refractivity contribution is 5.20. The van der Waals surface area contributed by atoms with E-state index in [0.717, 1.165) is 29.7 Å². The van der Waals surface area contributed by atoms with Gasteiger partial charge in [-0.25, -0.2) is 13.8 Å². The molecule has 21 heavy (non-hydrogen) atoms. The smallest absolute Gasteiger partial charge is 0.159 e. The molecule has 0 radical (unpaired) electrons. The van der Waals surface area contributed by atoms with Crippen LogP contribution >= 0.6 is 0 Å². The van der Waals surface area contributed by atoms with E-state index in [1.807, 2.05) is 17.7 Å². The predicted octanol–water partition coefficient (Wildman–Crippen LogP) is 3.26. The zero-order chi connectivity index (χ0) is 15.4. The van der Waals surface area contributed by atoms with Crippen LogP contribution in [0.3, 0.4) is 0 Å². The van der Waals surface area contributed by atoms with Gasteiger partial charge in [-0.3, -0.25) is 0 Å². The van der Waals surface area contributed by atoms with Crippen molar-refractivity contribution >= 4 is 0 Å². The van der Waals surface area contributed by atoms with Crippen LogP contribution in [0.2, 0.25) is 0 Å². The molecule has 0 spiro atoms. The summed E-state index contributed by atoms with van der Waals surface area (Å²) in [5, 5.41) is 3.37. The summed E-state index contributed by atoms with van der Waals surface area (Å²) in [6.07, 6.45) is 1.82. The average Bonchev–Trinajstić information content (AvgIpc) is 2.75. The van der Waals surface area contributed by atoms with Crippen molar-refractivity contribution in [3.8, 4) is 0 Å². The zero-order valence-electron chi connectivity index (χ0n) is 12.7. The summed E-state index contributed by atoms with van der Waals surface area (Å²) in [5.41, 5.74) is 1.76. The topological polar surface area (TPSA) is 29.9 Å². The second kappa shape index (κ2) is 6.80. The average molecular weight is 293 g/mol. The monoisotopic (exact) mass is 293 g/mol. The van der Waals surface area contributed by atoms with Gasteiger partial charge in [-0.1, -0.05) is 19.9 Å². The quantitative estimate of drug-likeness (QED) is 0.886. The summed E-state index contributed by atoms with van der Waals surface area (Å²) < 4.78 is 28.3. The molecule has 1 N–H and O–H groups in total. The Hall–Kier alpha value is -1.75. The number of nitrogens with one attached hydrogen (secondary N) is 1. The third-order valence-electron chi connectivity index (χ3n) is 3.32.